The molecule has 6 heteroatoms. The molecule has 0 saturated carbocycles. The Hall–Kier alpha value is -0.840. The summed E-state index contributed by atoms with van der Waals surface area (Å²) in [4.78, 5) is 17.8. The highest BCUT2D eigenvalue weighted by Gasteiger charge is 2.26. The van der Waals surface area contributed by atoms with Crippen LogP contribution in [0, 0.1) is 0 Å². The summed E-state index contributed by atoms with van der Waals surface area (Å²) in [5.41, 5.74) is 0.389. The van der Waals surface area contributed by atoms with Crippen LogP contribution in [0.15, 0.2) is 12.3 Å². The highest BCUT2D eigenvalue weighted by Crippen LogP contribution is 2.21. The largest absolute Gasteiger partial charge is 0.377 e. The second-order valence-electron chi connectivity index (χ2n) is 3.91. The maximum absolute atomic E-state index is 12.3. The Bertz CT molecular complexity index is 439. The standard InChI is InChI=1S/C11H12Cl2N2O2/c1-7-6-17-3-2-15(7)11(16)8-4-10(13)14-5-9(8)12/h4-5,7H,2-3,6H2,1H3/t7-/m1/s1. The second-order valence-corrected chi connectivity index (χ2v) is 4.70. The molecule has 1 aromatic heterocycles. The number of hydrogen-bond donors (Lipinski definition) is 0. The van der Waals surface area contributed by atoms with Gasteiger partial charge in [-0.05, 0) is 13.0 Å². The Morgan fingerprint density at radius 2 is 2.35 bits per heavy atom. The van der Waals surface area contributed by atoms with Gasteiger partial charge in [-0.15, -0.1) is 0 Å². The lowest BCUT2D eigenvalue weighted by atomic mass is 10.2. The molecular formula is C11H12Cl2N2O2. The first kappa shape index (κ1) is 12.6. The molecule has 1 aromatic rings. The highest BCUT2D eigenvalue weighted by molar-refractivity contribution is 6.35. The van der Waals surface area contributed by atoms with Crippen LogP contribution < -0.4 is 0 Å². The van der Waals surface area contributed by atoms with Crippen LogP contribution in [0.1, 0.15) is 17.3 Å². The first-order valence-electron chi connectivity index (χ1n) is 5.29. The third kappa shape index (κ3) is 2.70. The summed E-state index contributed by atoms with van der Waals surface area (Å²) in [6.45, 7) is 3.60. The lowest BCUT2D eigenvalue weighted by Crippen LogP contribution is -2.47. The van der Waals surface area contributed by atoms with Gasteiger partial charge < -0.3 is 9.64 Å². The molecule has 1 aliphatic rings. The SMILES string of the molecule is C[C@@H]1COCCN1C(=O)c1cc(Cl)ncc1Cl. The quantitative estimate of drug-likeness (QED) is 0.738. The predicted molar refractivity (Wildman–Crippen MR) is 65.6 cm³/mol. The molecule has 1 atom stereocenters. The topological polar surface area (TPSA) is 42.4 Å². The van der Waals surface area contributed by atoms with E-state index in [1.165, 1.54) is 12.3 Å². The summed E-state index contributed by atoms with van der Waals surface area (Å²) in [6, 6.07) is 1.54. The molecule has 17 heavy (non-hydrogen) atoms. The van der Waals surface area contributed by atoms with Crippen molar-refractivity contribution in [2.45, 2.75) is 13.0 Å². The van der Waals surface area contributed by atoms with Gasteiger partial charge in [0.15, 0.2) is 0 Å². The van der Waals surface area contributed by atoms with E-state index in [4.69, 9.17) is 27.9 Å². The highest BCUT2D eigenvalue weighted by atomic mass is 35.5. The first-order chi connectivity index (χ1) is 8.09. The van der Waals surface area contributed by atoms with Gasteiger partial charge in [0.25, 0.3) is 5.91 Å². The van der Waals surface area contributed by atoms with Crippen molar-refractivity contribution in [2.75, 3.05) is 19.8 Å². The van der Waals surface area contributed by atoms with Gasteiger partial charge in [-0.25, -0.2) is 4.98 Å². The number of pyridine rings is 1. The number of halogens is 2. The van der Waals surface area contributed by atoms with E-state index in [0.717, 1.165) is 0 Å². The summed E-state index contributed by atoms with van der Waals surface area (Å²) >= 11 is 11.7. The van der Waals surface area contributed by atoms with E-state index in [2.05, 4.69) is 4.98 Å². The number of nitrogens with zero attached hydrogens (tertiary/aromatic N) is 2. The molecule has 0 radical (unpaired) electrons. The van der Waals surface area contributed by atoms with Crippen LogP contribution >= 0.6 is 23.2 Å². The molecular weight excluding hydrogens is 263 g/mol. The maximum Gasteiger partial charge on any atom is 0.255 e. The number of aromatic nitrogens is 1. The van der Waals surface area contributed by atoms with Gasteiger partial charge in [-0.2, -0.15) is 0 Å². The van der Waals surface area contributed by atoms with Crippen LogP contribution in [-0.2, 0) is 4.74 Å². The van der Waals surface area contributed by atoms with Gasteiger partial charge in [0.05, 0.1) is 29.8 Å². The molecule has 92 valence electrons. The number of carbonyl (C=O) groups excluding carboxylic acids is 1. The molecule has 0 spiro atoms. The summed E-state index contributed by atoms with van der Waals surface area (Å²) in [5, 5.41) is 0.580. The summed E-state index contributed by atoms with van der Waals surface area (Å²) in [6.07, 6.45) is 1.39. The van der Waals surface area contributed by atoms with Crippen molar-refractivity contribution in [3.8, 4) is 0 Å². The average Bonchev–Trinajstić information content (AvgIpc) is 2.32. The minimum atomic E-state index is -0.130. The molecule has 2 rings (SSSR count). The van der Waals surface area contributed by atoms with Crippen molar-refractivity contribution in [1.82, 2.24) is 9.88 Å². The van der Waals surface area contributed by atoms with Crippen LogP contribution in [0.25, 0.3) is 0 Å². The van der Waals surface area contributed by atoms with Crippen LogP contribution in [-0.4, -0.2) is 41.6 Å². The minimum Gasteiger partial charge on any atom is -0.377 e. The summed E-state index contributed by atoms with van der Waals surface area (Å²) in [5.74, 6) is -0.130. The fraction of sp³-hybridized carbons (Fsp3) is 0.455. The van der Waals surface area contributed by atoms with E-state index in [0.29, 0.717) is 30.3 Å². The molecule has 1 aliphatic heterocycles. The Morgan fingerprint density at radius 3 is 3.06 bits per heavy atom. The van der Waals surface area contributed by atoms with Crippen LogP contribution in [0.4, 0.5) is 0 Å². The average molecular weight is 275 g/mol. The predicted octanol–water partition coefficient (Wildman–Crippen LogP) is 2.25. The molecule has 0 aromatic carbocycles. The normalized spacial score (nSPS) is 20.4. The molecule has 4 nitrogen and oxygen atoms in total. The van der Waals surface area contributed by atoms with Gasteiger partial charge in [0.2, 0.25) is 0 Å². The summed E-state index contributed by atoms with van der Waals surface area (Å²) in [7, 11) is 0. The number of ether oxygens (including phenoxy) is 1. The lowest BCUT2D eigenvalue weighted by Gasteiger charge is -2.33. The van der Waals surface area contributed by atoms with Crippen molar-refractivity contribution in [1.29, 1.82) is 0 Å². The zero-order valence-electron chi connectivity index (χ0n) is 9.32. The van der Waals surface area contributed by atoms with Gasteiger partial charge in [0, 0.05) is 12.7 Å². The second kappa shape index (κ2) is 5.21. The molecule has 0 N–H and O–H groups in total. The zero-order chi connectivity index (χ0) is 12.4. The molecule has 0 bridgehead atoms. The van der Waals surface area contributed by atoms with E-state index >= 15 is 0 Å². The molecule has 1 saturated heterocycles. The van der Waals surface area contributed by atoms with Crippen LogP contribution in [0.2, 0.25) is 10.2 Å². The lowest BCUT2D eigenvalue weighted by molar-refractivity contribution is 0.00360. The van der Waals surface area contributed by atoms with Crippen molar-refractivity contribution in [3.63, 3.8) is 0 Å². The number of hydrogen-bond acceptors (Lipinski definition) is 3. The van der Waals surface area contributed by atoms with E-state index in [9.17, 15) is 4.79 Å². The van der Waals surface area contributed by atoms with E-state index in [-0.39, 0.29) is 17.1 Å². The Morgan fingerprint density at radius 1 is 1.59 bits per heavy atom. The fourth-order valence-corrected chi connectivity index (χ4v) is 2.10. The summed E-state index contributed by atoms with van der Waals surface area (Å²) < 4.78 is 5.29. The minimum absolute atomic E-state index is 0.0410. The van der Waals surface area contributed by atoms with Gasteiger partial charge in [-0.3, -0.25) is 4.79 Å². The van der Waals surface area contributed by atoms with E-state index in [1.54, 1.807) is 4.90 Å². The van der Waals surface area contributed by atoms with E-state index < -0.39 is 0 Å². The number of rotatable bonds is 1. The number of morpholine rings is 1. The Balaban J connectivity index is 2.26. The van der Waals surface area contributed by atoms with Crippen molar-refractivity contribution >= 4 is 29.1 Å². The molecule has 1 fully saturated rings. The van der Waals surface area contributed by atoms with Gasteiger partial charge >= 0.3 is 0 Å². The van der Waals surface area contributed by atoms with Gasteiger partial charge in [0.1, 0.15) is 5.15 Å². The number of amides is 1. The van der Waals surface area contributed by atoms with Crippen LogP contribution in [0.3, 0.4) is 0 Å². The Kier molecular flexibility index (Phi) is 3.86. The Labute approximate surface area is 109 Å². The third-order valence-electron chi connectivity index (χ3n) is 2.68. The zero-order valence-corrected chi connectivity index (χ0v) is 10.8. The fourth-order valence-electron chi connectivity index (χ4n) is 1.76. The molecule has 2 heterocycles. The van der Waals surface area contributed by atoms with Gasteiger partial charge in [-0.1, -0.05) is 23.2 Å². The maximum atomic E-state index is 12.3. The van der Waals surface area contributed by atoms with Crippen molar-refractivity contribution < 1.29 is 9.53 Å². The monoisotopic (exact) mass is 274 g/mol. The molecule has 1 amide bonds. The van der Waals surface area contributed by atoms with Crippen molar-refractivity contribution in [2.24, 2.45) is 0 Å². The first-order valence-corrected chi connectivity index (χ1v) is 6.05. The molecule has 0 unspecified atom stereocenters. The number of carbonyl (C=O) groups is 1. The van der Waals surface area contributed by atoms with E-state index in [1.807, 2.05) is 6.92 Å². The third-order valence-corrected chi connectivity index (χ3v) is 3.19. The molecule has 0 aliphatic carbocycles. The van der Waals surface area contributed by atoms with Crippen LogP contribution in [0.5, 0.6) is 0 Å². The smallest absolute Gasteiger partial charge is 0.255 e. The van der Waals surface area contributed by atoms with Crippen molar-refractivity contribution in [3.05, 3.63) is 28.0 Å².